The SMILES string of the molecule is COCCN(Cc1cccnc1)S(=O)(=O)c1cnc(Cl)c(C)c1. The Morgan fingerprint density at radius 1 is 1.35 bits per heavy atom. The topological polar surface area (TPSA) is 72.4 Å². The molecular weight excluding hydrogens is 338 g/mol. The second-order valence-corrected chi connectivity index (χ2v) is 7.27. The Balaban J connectivity index is 2.34. The van der Waals surface area contributed by atoms with E-state index in [-0.39, 0.29) is 18.0 Å². The average Bonchev–Trinajstić information content (AvgIpc) is 2.54. The number of pyridine rings is 2. The Hall–Kier alpha value is -1.54. The summed E-state index contributed by atoms with van der Waals surface area (Å²) in [5.41, 5.74) is 1.41. The molecule has 0 N–H and O–H groups in total. The molecule has 8 heteroatoms. The van der Waals surface area contributed by atoms with E-state index in [0.717, 1.165) is 5.56 Å². The number of nitrogens with zero attached hydrogens (tertiary/aromatic N) is 3. The zero-order valence-electron chi connectivity index (χ0n) is 12.9. The number of sulfonamides is 1. The van der Waals surface area contributed by atoms with Crippen molar-refractivity contribution in [1.29, 1.82) is 0 Å². The van der Waals surface area contributed by atoms with Crippen molar-refractivity contribution in [3.63, 3.8) is 0 Å². The number of hydrogen-bond acceptors (Lipinski definition) is 5. The van der Waals surface area contributed by atoms with Gasteiger partial charge in [-0.3, -0.25) is 4.98 Å². The fourth-order valence-electron chi connectivity index (χ4n) is 2.00. The molecule has 0 unspecified atom stereocenters. The van der Waals surface area contributed by atoms with Crippen LogP contribution in [0.2, 0.25) is 5.15 Å². The van der Waals surface area contributed by atoms with Crippen molar-refractivity contribution >= 4 is 21.6 Å². The van der Waals surface area contributed by atoms with Crippen molar-refractivity contribution in [2.75, 3.05) is 20.3 Å². The lowest BCUT2D eigenvalue weighted by molar-refractivity contribution is 0.177. The quantitative estimate of drug-likeness (QED) is 0.712. The smallest absolute Gasteiger partial charge is 0.245 e. The molecule has 124 valence electrons. The molecule has 23 heavy (non-hydrogen) atoms. The molecule has 6 nitrogen and oxygen atoms in total. The van der Waals surface area contributed by atoms with Crippen molar-refractivity contribution in [3.05, 3.63) is 53.1 Å². The Kier molecular flexibility index (Phi) is 6.06. The van der Waals surface area contributed by atoms with E-state index in [1.54, 1.807) is 25.4 Å². The van der Waals surface area contributed by atoms with Gasteiger partial charge in [0.2, 0.25) is 10.0 Å². The predicted molar refractivity (Wildman–Crippen MR) is 87.7 cm³/mol. The van der Waals surface area contributed by atoms with Crippen LogP contribution in [0.25, 0.3) is 0 Å². The molecule has 0 saturated carbocycles. The molecule has 0 bridgehead atoms. The summed E-state index contributed by atoms with van der Waals surface area (Å²) in [7, 11) is -2.18. The highest BCUT2D eigenvalue weighted by Gasteiger charge is 2.25. The Morgan fingerprint density at radius 3 is 2.74 bits per heavy atom. The molecule has 2 aromatic rings. The lowest BCUT2D eigenvalue weighted by Crippen LogP contribution is -2.33. The van der Waals surface area contributed by atoms with Crippen LogP contribution < -0.4 is 0 Å². The molecule has 0 radical (unpaired) electrons. The van der Waals surface area contributed by atoms with Crippen LogP contribution in [0.1, 0.15) is 11.1 Å². The number of methoxy groups -OCH3 is 1. The van der Waals surface area contributed by atoms with E-state index in [2.05, 4.69) is 9.97 Å². The Labute approximate surface area is 141 Å². The fraction of sp³-hybridized carbons (Fsp3) is 0.333. The summed E-state index contributed by atoms with van der Waals surface area (Å²) in [6, 6.07) is 5.12. The second kappa shape index (κ2) is 7.83. The van der Waals surface area contributed by atoms with Gasteiger partial charge in [-0.15, -0.1) is 0 Å². The molecular formula is C15H18ClN3O3S. The molecule has 0 fully saturated rings. The molecule has 2 rings (SSSR count). The summed E-state index contributed by atoms with van der Waals surface area (Å²) in [6.45, 7) is 2.45. The predicted octanol–water partition coefficient (Wildman–Crippen LogP) is 2.28. The molecule has 0 aliphatic heterocycles. The first-order valence-electron chi connectivity index (χ1n) is 6.95. The van der Waals surface area contributed by atoms with E-state index in [4.69, 9.17) is 16.3 Å². The molecule has 0 aromatic carbocycles. The minimum absolute atomic E-state index is 0.111. The molecule has 2 aromatic heterocycles. The maximum absolute atomic E-state index is 12.9. The molecule has 0 amide bonds. The van der Waals surface area contributed by atoms with E-state index in [1.807, 2.05) is 6.07 Å². The Bertz CT molecular complexity index is 754. The van der Waals surface area contributed by atoms with E-state index >= 15 is 0 Å². The number of aryl methyl sites for hydroxylation is 1. The van der Waals surface area contributed by atoms with Crippen molar-refractivity contribution in [3.8, 4) is 0 Å². The van der Waals surface area contributed by atoms with E-state index in [0.29, 0.717) is 17.3 Å². The number of rotatable bonds is 7. The van der Waals surface area contributed by atoms with Crippen molar-refractivity contribution in [2.45, 2.75) is 18.4 Å². The fourth-order valence-corrected chi connectivity index (χ4v) is 3.54. The van der Waals surface area contributed by atoms with Gasteiger partial charge >= 0.3 is 0 Å². The lowest BCUT2D eigenvalue weighted by Gasteiger charge is -2.22. The first-order valence-corrected chi connectivity index (χ1v) is 8.77. The highest BCUT2D eigenvalue weighted by atomic mass is 35.5. The van der Waals surface area contributed by atoms with Crippen LogP contribution in [-0.2, 0) is 21.3 Å². The van der Waals surface area contributed by atoms with Crippen LogP contribution in [0.4, 0.5) is 0 Å². The summed E-state index contributed by atoms with van der Waals surface area (Å²) < 4.78 is 32.1. The summed E-state index contributed by atoms with van der Waals surface area (Å²) in [5.74, 6) is 0. The number of hydrogen-bond donors (Lipinski definition) is 0. The van der Waals surface area contributed by atoms with Crippen molar-refractivity contribution in [2.24, 2.45) is 0 Å². The van der Waals surface area contributed by atoms with Gasteiger partial charge in [0.05, 0.1) is 6.61 Å². The van der Waals surface area contributed by atoms with Gasteiger partial charge in [-0.1, -0.05) is 17.7 Å². The number of ether oxygens (including phenoxy) is 1. The third kappa shape index (κ3) is 4.48. The van der Waals surface area contributed by atoms with Gasteiger partial charge in [-0.2, -0.15) is 4.31 Å². The zero-order valence-corrected chi connectivity index (χ0v) is 14.5. The van der Waals surface area contributed by atoms with Crippen LogP contribution in [0.15, 0.2) is 41.7 Å². The first-order chi connectivity index (χ1) is 10.9. The molecule has 2 heterocycles. The number of halogens is 1. The first kappa shape index (κ1) is 17.8. The van der Waals surface area contributed by atoms with E-state index in [1.165, 1.54) is 23.7 Å². The van der Waals surface area contributed by atoms with Gasteiger partial charge in [0.25, 0.3) is 0 Å². The van der Waals surface area contributed by atoms with Crippen LogP contribution in [0.5, 0.6) is 0 Å². The third-order valence-corrected chi connectivity index (χ3v) is 5.46. The highest BCUT2D eigenvalue weighted by molar-refractivity contribution is 7.89. The minimum Gasteiger partial charge on any atom is -0.383 e. The standard InChI is InChI=1S/C15H18ClN3O3S/c1-12-8-14(10-18-15(12)16)23(20,21)19(6-7-22-2)11-13-4-3-5-17-9-13/h3-5,8-10H,6-7,11H2,1-2H3. The van der Waals surface area contributed by atoms with E-state index < -0.39 is 10.0 Å². The monoisotopic (exact) mass is 355 g/mol. The zero-order chi connectivity index (χ0) is 16.9. The van der Waals surface area contributed by atoms with Gasteiger partial charge in [0.1, 0.15) is 10.0 Å². The minimum atomic E-state index is -3.71. The van der Waals surface area contributed by atoms with Crippen LogP contribution in [0, 0.1) is 6.92 Å². The number of aromatic nitrogens is 2. The molecule has 0 aliphatic rings. The summed E-state index contributed by atoms with van der Waals surface area (Å²) in [4.78, 5) is 8.06. The molecule has 0 saturated heterocycles. The van der Waals surface area contributed by atoms with Crippen LogP contribution in [-0.4, -0.2) is 43.0 Å². The maximum atomic E-state index is 12.9. The Morgan fingerprint density at radius 2 is 2.13 bits per heavy atom. The summed E-state index contributed by atoms with van der Waals surface area (Å²) >= 11 is 5.88. The van der Waals surface area contributed by atoms with Gasteiger partial charge in [-0.05, 0) is 30.2 Å². The summed E-state index contributed by atoms with van der Waals surface area (Å²) in [6.07, 6.45) is 4.55. The highest BCUT2D eigenvalue weighted by Crippen LogP contribution is 2.21. The molecule has 0 atom stereocenters. The molecule has 0 spiro atoms. The normalized spacial score (nSPS) is 11.8. The average molecular weight is 356 g/mol. The van der Waals surface area contributed by atoms with Gasteiger partial charge in [-0.25, -0.2) is 13.4 Å². The largest absolute Gasteiger partial charge is 0.383 e. The van der Waals surface area contributed by atoms with Gasteiger partial charge in [0, 0.05) is 38.8 Å². The third-order valence-electron chi connectivity index (χ3n) is 3.25. The van der Waals surface area contributed by atoms with E-state index in [9.17, 15) is 8.42 Å². The second-order valence-electron chi connectivity index (χ2n) is 4.97. The van der Waals surface area contributed by atoms with Crippen LogP contribution in [0.3, 0.4) is 0 Å². The van der Waals surface area contributed by atoms with Crippen LogP contribution >= 0.6 is 11.6 Å². The molecule has 0 aliphatic carbocycles. The van der Waals surface area contributed by atoms with Gasteiger partial charge < -0.3 is 4.74 Å². The van der Waals surface area contributed by atoms with Crippen molar-refractivity contribution < 1.29 is 13.2 Å². The van der Waals surface area contributed by atoms with Gasteiger partial charge in [0.15, 0.2) is 0 Å². The maximum Gasteiger partial charge on any atom is 0.245 e. The lowest BCUT2D eigenvalue weighted by atomic mass is 10.3. The van der Waals surface area contributed by atoms with Crippen molar-refractivity contribution in [1.82, 2.24) is 14.3 Å². The summed E-state index contributed by atoms with van der Waals surface area (Å²) in [5, 5.41) is 0.291.